The molecule has 0 spiro atoms. The number of amides is 1. The van der Waals surface area contributed by atoms with Gasteiger partial charge in [0.1, 0.15) is 22.8 Å². The summed E-state index contributed by atoms with van der Waals surface area (Å²) in [7, 11) is 1.56. The van der Waals surface area contributed by atoms with E-state index in [0.717, 1.165) is 16.7 Å². The van der Waals surface area contributed by atoms with Crippen LogP contribution in [0.1, 0.15) is 17.3 Å². The van der Waals surface area contributed by atoms with Crippen LogP contribution in [0.3, 0.4) is 0 Å². The van der Waals surface area contributed by atoms with Gasteiger partial charge in [-0.1, -0.05) is 6.07 Å². The molecule has 1 N–H and O–H groups in total. The van der Waals surface area contributed by atoms with Crippen LogP contribution in [0.15, 0.2) is 58.3 Å². The molecule has 0 aliphatic rings. The van der Waals surface area contributed by atoms with E-state index in [1.165, 1.54) is 11.3 Å². The fourth-order valence-electron chi connectivity index (χ4n) is 2.78. The third-order valence-corrected chi connectivity index (χ3v) is 4.87. The van der Waals surface area contributed by atoms with Crippen molar-refractivity contribution in [1.82, 2.24) is 4.98 Å². The maximum atomic E-state index is 12.4. The summed E-state index contributed by atoms with van der Waals surface area (Å²) < 4.78 is 16.6. The average Bonchev–Trinajstić information content (AvgIpc) is 3.34. The van der Waals surface area contributed by atoms with Gasteiger partial charge in [-0.3, -0.25) is 10.1 Å². The predicted molar refractivity (Wildman–Crippen MR) is 109 cm³/mol. The molecule has 28 heavy (non-hydrogen) atoms. The number of hydrogen-bond donors (Lipinski definition) is 1. The minimum atomic E-state index is -0.245. The van der Waals surface area contributed by atoms with Crippen molar-refractivity contribution >= 4 is 33.3 Å². The number of carbonyl (C=O) groups is 1. The Balaban J connectivity index is 1.53. The molecule has 142 valence electrons. The highest BCUT2D eigenvalue weighted by Crippen LogP contribution is 2.32. The molecule has 0 saturated carbocycles. The third-order valence-electron chi connectivity index (χ3n) is 4.11. The quantitative estimate of drug-likeness (QED) is 0.486. The highest BCUT2D eigenvalue weighted by molar-refractivity contribution is 7.14. The highest BCUT2D eigenvalue weighted by atomic mass is 32.1. The van der Waals surface area contributed by atoms with Crippen molar-refractivity contribution in [3.05, 3.63) is 59.5 Å². The number of benzene rings is 2. The van der Waals surface area contributed by atoms with E-state index in [9.17, 15) is 4.79 Å². The van der Waals surface area contributed by atoms with Crippen LogP contribution in [0.5, 0.6) is 11.5 Å². The molecule has 6 nitrogen and oxygen atoms in total. The summed E-state index contributed by atoms with van der Waals surface area (Å²) in [6, 6.07) is 14.6. The summed E-state index contributed by atoms with van der Waals surface area (Å²) in [5, 5.41) is 6.10. The summed E-state index contributed by atoms with van der Waals surface area (Å²) >= 11 is 1.34. The molecule has 0 aliphatic heterocycles. The molecule has 0 atom stereocenters. The van der Waals surface area contributed by atoms with Gasteiger partial charge < -0.3 is 13.9 Å². The van der Waals surface area contributed by atoms with E-state index in [0.29, 0.717) is 34.5 Å². The van der Waals surface area contributed by atoms with Crippen LogP contribution in [-0.2, 0) is 0 Å². The molecule has 0 bridgehead atoms. The Morgan fingerprint density at radius 3 is 2.89 bits per heavy atom. The Labute approximate surface area is 165 Å². The Morgan fingerprint density at radius 2 is 2.07 bits per heavy atom. The number of rotatable bonds is 6. The van der Waals surface area contributed by atoms with Gasteiger partial charge in [-0.15, -0.1) is 11.3 Å². The first kappa shape index (κ1) is 18.1. The summed E-state index contributed by atoms with van der Waals surface area (Å²) in [6.45, 7) is 2.56. The number of hydrogen-bond acceptors (Lipinski definition) is 6. The lowest BCUT2D eigenvalue weighted by molar-refractivity contribution is 0.102. The van der Waals surface area contributed by atoms with Gasteiger partial charge in [0.05, 0.1) is 13.7 Å². The molecule has 7 heteroatoms. The fourth-order valence-corrected chi connectivity index (χ4v) is 3.48. The number of furan rings is 1. The lowest BCUT2D eigenvalue weighted by atomic mass is 10.2. The predicted octanol–water partition coefficient (Wildman–Crippen LogP) is 5.22. The molecule has 2 aromatic carbocycles. The van der Waals surface area contributed by atoms with Gasteiger partial charge in [0.25, 0.3) is 5.91 Å². The highest BCUT2D eigenvalue weighted by Gasteiger charge is 2.14. The molecule has 4 aromatic rings. The standard InChI is InChI=1S/C21H18N2O4S/c1-3-26-16-7-8-18-14(10-16)11-19(27-18)17-12-28-21(22-17)23-20(24)13-5-4-6-15(9-13)25-2/h4-12H,3H2,1-2H3,(H,22,23,24). The molecule has 1 amide bonds. The van der Waals surface area contributed by atoms with E-state index in [1.807, 2.05) is 36.6 Å². The molecule has 0 saturated heterocycles. The second-order valence-corrected chi connectivity index (χ2v) is 6.83. The number of methoxy groups -OCH3 is 1. The van der Waals surface area contributed by atoms with Crippen molar-refractivity contribution in [1.29, 1.82) is 0 Å². The van der Waals surface area contributed by atoms with E-state index >= 15 is 0 Å². The van der Waals surface area contributed by atoms with Gasteiger partial charge in [-0.2, -0.15) is 0 Å². The minimum Gasteiger partial charge on any atom is -0.497 e. The monoisotopic (exact) mass is 394 g/mol. The second-order valence-electron chi connectivity index (χ2n) is 5.97. The molecular weight excluding hydrogens is 376 g/mol. The zero-order chi connectivity index (χ0) is 19.5. The van der Waals surface area contributed by atoms with Gasteiger partial charge in [0.15, 0.2) is 10.9 Å². The van der Waals surface area contributed by atoms with Crippen LogP contribution < -0.4 is 14.8 Å². The van der Waals surface area contributed by atoms with Crippen LogP contribution >= 0.6 is 11.3 Å². The number of carbonyl (C=O) groups excluding carboxylic acids is 1. The van der Waals surface area contributed by atoms with Crippen molar-refractivity contribution < 1.29 is 18.7 Å². The van der Waals surface area contributed by atoms with Gasteiger partial charge >= 0.3 is 0 Å². The van der Waals surface area contributed by atoms with E-state index in [4.69, 9.17) is 13.9 Å². The molecule has 0 unspecified atom stereocenters. The Morgan fingerprint density at radius 1 is 1.18 bits per heavy atom. The summed E-state index contributed by atoms with van der Waals surface area (Å²) in [5.41, 5.74) is 1.93. The number of aromatic nitrogens is 1. The number of fused-ring (bicyclic) bond motifs is 1. The second kappa shape index (κ2) is 7.74. The lowest BCUT2D eigenvalue weighted by Crippen LogP contribution is -2.11. The minimum absolute atomic E-state index is 0.245. The molecular formula is C21H18N2O4S. The number of nitrogens with zero attached hydrogens (tertiary/aromatic N) is 1. The van der Waals surface area contributed by atoms with Gasteiger partial charge in [-0.05, 0) is 49.4 Å². The van der Waals surface area contributed by atoms with Crippen LogP contribution in [0.4, 0.5) is 5.13 Å². The summed E-state index contributed by atoms with van der Waals surface area (Å²) in [5.74, 6) is 1.82. The van der Waals surface area contributed by atoms with Gasteiger partial charge in [0.2, 0.25) is 0 Å². The molecule has 2 heterocycles. The number of thiazole rings is 1. The molecule has 0 radical (unpaired) electrons. The SMILES string of the molecule is CCOc1ccc2oc(-c3csc(NC(=O)c4cccc(OC)c4)n3)cc2c1. The smallest absolute Gasteiger partial charge is 0.257 e. The zero-order valence-corrected chi connectivity index (χ0v) is 16.2. The van der Waals surface area contributed by atoms with Crippen LogP contribution in [0, 0.1) is 0 Å². The normalized spacial score (nSPS) is 10.8. The molecule has 2 aromatic heterocycles. The van der Waals surface area contributed by atoms with Crippen molar-refractivity contribution in [2.24, 2.45) is 0 Å². The van der Waals surface area contributed by atoms with Crippen molar-refractivity contribution in [3.8, 4) is 23.0 Å². The van der Waals surface area contributed by atoms with Crippen molar-refractivity contribution in [3.63, 3.8) is 0 Å². The zero-order valence-electron chi connectivity index (χ0n) is 15.4. The Kier molecular flexibility index (Phi) is 4.99. The maximum Gasteiger partial charge on any atom is 0.257 e. The van der Waals surface area contributed by atoms with E-state index in [2.05, 4.69) is 10.3 Å². The average molecular weight is 394 g/mol. The third kappa shape index (κ3) is 3.70. The van der Waals surface area contributed by atoms with Crippen molar-refractivity contribution in [2.45, 2.75) is 6.92 Å². The van der Waals surface area contributed by atoms with E-state index in [-0.39, 0.29) is 5.91 Å². The first-order valence-electron chi connectivity index (χ1n) is 8.74. The number of anilines is 1. The lowest BCUT2D eigenvalue weighted by Gasteiger charge is -2.04. The number of ether oxygens (including phenoxy) is 2. The number of nitrogens with one attached hydrogen (secondary N) is 1. The molecule has 0 aliphatic carbocycles. The van der Waals surface area contributed by atoms with Crippen LogP contribution in [-0.4, -0.2) is 24.6 Å². The van der Waals surface area contributed by atoms with Crippen molar-refractivity contribution in [2.75, 3.05) is 19.0 Å². The molecule has 0 fully saturated rings. The van der Waals surface area contributed by atoms with E-state index in [1.54, 1.807) is 31.4 Å². The fraction of sp³-hybridized carbons (Fsp3) is 0.143. The summed E-state index contributed by atoms with van der Waals surface area (Å²) in [6.07, 6.45) is 0. The molecule has 4 rings (SSSR count). The Bertz CT molecular complexity index is 1130. The first-order chi connectivity index (χ1) is 13.7. The topological polar surface area (TPSA) is 73.6 Å². The van der Waals surface area contributed by atoms with Crippen LogP contribution in [0.2, 0.25) is 0 Å². The first-order valence-corrected chi connectivity index (χ1v) is 9.62. The maximum absolute atomic E-state index is 12.4. The largest absolute Gasteiger partial charge is 0.497 e. The van der Waals surface area contributed by atoms with Gasteiger partial charge in [-0.25, -0.2) is 4.98 Å². The van der Waals surface area contributed by atoms with E-state index < -0.39 is 0 Å². The summed E-state index contributed by atoms with van der Waals surface area (Å²) in [4.78, 5) is 16.9. The Hall–Kier alpha value is -3.32. The van der Waals surface area contributed by atoms with Crippen LogP contribution in [0.25, 0.3) is 22.4 Å². The van der Waals surface area contributed by atoms with Gasteiger partial charge in [0, 0.05) is 16.3 Å².